The monoisotopic (exact) mass is 475 g/mol. The highest BCUT2D eigenvalue weighted by molar-refractivity contribution is 14.0. The van der Waals surface area contributed by atoms with Gasteiger partial charge in [-0.15, -0.1) is 24.0 Å². The van der Waals surface area contributed by atoms with Gasteiger partial charge in [0.2, 0.25) is 0 Å². The third-order valence-corrected chi connectivity index (χ3v) is 5.22. The quantitative estimate of drug-likeness (QED) is 0.272. The summed E-state index contributed by atoms with van der Waals surface area (Å²) < 4.78 is 7.95. The molecule has 1 aliphatic carbocycles. The van der Waals surface area contributed by atoms with Crippen LogP contribution in [0, 0.1) is 11.8 Å². The van der Waals surface area contributed by atoms with Crippen LogP contribution in [0.3, 0.4) is 0 Å². The van der Waals surface area contributed by atoms with Gasteiger partial charge in [0.1, 0.15) is 0 Å². The number of likely N-dealkylation sites (tertiary alicyclic amines) is 1. The van der Waals surface area contributed by atoms with E-state index in [1.54, 1.807) is 0 Å². The van der Waals surface area contributed by atoms with E-state index in [9.17, 15) is 0 Å². The molecule has 0 spiro atoms. The van der Waals surface area contributed by atoms with Gasteiger partial charge in [0.25, 0.3) is 0 Å². The summed E-state index contributed by atoms with van der Waals surface area (Å²) in [5, 5.41) is 3.46. The maximum atomic E-state index is 5.71. The van der Waals surface area contributed by atoms with Crippen molar-refractivity contribution in [2.75, 3.05) is 39.4 Å². The molecule has 7 heteroatoms. The molecule has 0 bridgehead atoms. The number of nitrogens with one attached hydrogen (secondary N) is 1. The van der Waals surface area contributed by atoms with Gasteiger partial charge in [-0.05, 0) is 44.4 Å². The zero-order chi connectivity index (χ0) is 17.5. The van der Waals surface area contributed by atoms with Crippen molar-refractivity contribution in [3.63, 3.8) is 0 Å². The molecule has 148 valence electrons. The van der Waals surface area contributed by atoms with Crippen molar-refractivity contribution >= 4 is 29.9 Å². The molecule has 2 fully saturated rings. The number of guanidine groups is 1. The average molecular weight is 475 g/mol. The van der Waals surface area contributed by atoms with Crippen LogP contribution in [-0.2, 0) is 4.74 Å². The standard InChI is InChI=1S/C19H33N5O.HI/c1-3-21-19(22-8-4-12-25-14-17-5-6-17)23-10-7-16(2)18(13-23)24-11-9-20-15-24;/h9,11,15-18H,3-8,10,12-14H2,1-2H3,(H,21,22);1H. The van der Waals surface area contributed by atoms with E-state index in [0.717, 1.165) is 57.7 Å². The van der Waals surface area contributed by atoms with Crippen LogP contribution in [0.1, 0.15) is 45.6 Å². The predicted octanol–water partition coefficient (Wildman–Crippen LogP) is 3.17. The van der Waals surface area contributed by atoms with Gasteiger partial charge in [0, 0.05) is 51.8 Å². The van der Waals surface area contributed by atoms with Crippen LogP contribution in [-0.4, -0.2) is 59.8 Å². The second kappa shape index (κ2) is 11.1. The van der Waals surface area contributed by atoms with E-state index in [1.165, 1.54) is 19.3 Å². The lowest BCUT2D eigenvalue weighted by Crippen LogP contribution is -2.49. The van der Waals surface area contributed by atoms with E-state index >= 15 is 0 Å². The number of nitrogens with zero attached hydrogens (tertiary/aromatic N) is 4. The zero-order valence-electron chi connectivity index (χ0n) is 16.1. The minimum atomic E-state index is 0. The van der Waals surface area contributed by atoms with Gasteiger partial charge in [-0.2, -0.15) is 0 Å². The fraction of sp³-hybridized carbons (Fsp3) is 0.789. The molecule has 1 saturated heterocycles. The van der Waals surface area contributed by atoms with Crippen molar-refractivity contribution in [3.05, 3.63) is 18.7 Å². The van der Waals surface area contributed by atoms with Crippen molar-refractivity contribution in [1.82, 2.24) is 19.8 Å². The van der Waals surface area contributed by atoms with E-state index in [-0.39, 0.29) is 24.0 Å². The van der Waals surface area contributed by atoms with Crippen molar-refractivity contribution < 1.29 is 4.74 Å². The lowest BCUT2D eigenvalue weighted by Gasteiger charge is -2.39. The van der Waals surface area contributed by atoms with Crippen LogP contribution >= 0.6 is 24.0 Å². The SMILES string of the molecule is CCNC(=NCCCOCC1CC1)N1CCC(C)C(n2ccnc2)C1.I. The highest BCUT2D eigenvalue weighted by Gasteiger charge is 2.28. The number of hydrogen-bond acceptors (Lipinski definition) is 3. The highest BCUT2D eigenvalue weighted by Crippen LogP contribution is 2.29. The minimum absolute atomic E-state index is 0. The fourth-order valence-corrected chi connectivity index (χ4v) is 3.41. The molecule has 3 rings (SSSR count). The first kappa shape index (κ1) is 21.5. The van der Waals surface area contributed by atoms with Crippen LogP contribution in [0.15, 0.2) is 23.7 Å². The van der Waals surface area contributed by atoms with E-state index in [0.29, 0.717) is 12.0 Å². The number of imidazole rings is 1. The molecular formula is C19H34IN5O. The Balaban J connectivity index is 0.00000243. The van der Waals surface area contributed by atoms with Gasteiger partial charge >= 0.3 is 0 Å². The first-order valence-corrected chi connectivity index (χ1v) is 9.86. The second-order valence-electron chi connectivity index (χ2n) is 7.40. The summed E-state index contributed by atoms with van der Waals surface area (Å²) >= 11 is 0. The molecule has 2 unspecified atom stereocenters. The Morgan fingerprint density at radius 2 is 2.19 bits per heavy atom. The van der Waals surface area contributed by atoms with Gasteiger partial charge in [0.05, 0.1) is 12.4 Å². The molecule has 6 nitrogen and oxygen atoms in total. The first-order valence-electron chi connectivity index (χ1n) is 9.86. The molecule has 1 aromatic heterocycles. The van der Waals surface area contributed by atoms with Crippen molar-refractivity contribution in [3.8, 4) is 0 Å². The van der Waals surface area contributed by atoms with E-state index < -0.39 is 0 Å². The molecule has 2 aliphatic rings. The molecule has 1 aliphatic heterocycles. The third kappa shape index (κ3) is 6.40. The summed E-state index contributed by atoms with van der Waals surface area (Å²) in [6.45, 7) is 10.0. The number of piperidine rings is 1. The summed E-state index contributed by atoms with van der Waals surface area (Å²) in [5.41, 5.74) is 0. The van der Waals surface area contributed by atoms with Crippen molar-refractivity contribution in [2.24, 2.45) is 16.8 Å². The molecule has 2 heterocycles. The Morgan fingerprint density at radius 3 is 2.88 bits per heavy atom. The Hall–Kier alpha value is -0.830. The summed E-state index contributed by atoms with van der Waals surface area (Å²) in [6, 6.07) is 0.460. The van der Waals surface area contributed by atoms with E-state index in [2.05, 4.69) is 39.8 Å². The van der Waals surface area contributed by atoms with Gasteiger partial charge in [0.15, 0.2) is 5.96 Å². The highest BCUT2D eigenvalue weighted by atomic mass is 127. The third-order valence-electron chi connectivity index (χ3n) is 5.22. The van der Waals surface area contributed by atoms with Crippen molar-refractivity contribution in [2.45, 2.75) is 45.6 Å². The minimum Gasteiger partial charge on any atom is -0.381 e. The molecule has 2 atom stereocenters. The number of rotatable bonds is 8. The van der Waals surface area contributed by atoms with Crippen LogP contribution in [0.2, 0.25) is 0 Å². The Bertz CT molecular complexity index is 532. The lowest BCUT2D eigenvalue weighted by atomic mass is 9.93. The second-order valence-corrected chi connectivity index (χ2v) is 7.40. The number of aromatic nitrogens is 2. The molecule has 1 N–H and O–H groups in total. The summed E-state index contributed by atoms with van der Waals surface area (Å²) in [7, 11) is 0. The number of hydrogen-bond donors (Lipinski definition) is 1. The fourth-order valence-electron chi connectivity index (χ4n) is 3.41. The largest absolute Gasteiger partial charge is 0.381 e. The number of ether oxygens (including phenoxy) is 1. The number of aliphatic imine (C=N–C) groups is 1. The van der Waals surface area contributed by atoms with Crippen LogP contribution in [0.4, 0.5) is 0 Å². The van der Waals surface area contributed by atoms with Crippen LogP contribution in [0.5, 0.6) is 0 Å². The summed E-state index contributed by atoms with van der Waals surface area (Å²) in [4.78, 5) is 11.5. The Labute approximate surface area is 174 Å². The van der Waals surface area contributed by atoms with Crippen LogP contribution in [0.25, 0.3) is 0 Å². The maximum Gasteiger partial charge on any atom is 0.193 e. The summed E-state index contributed by atoms with van der Waals surface area (Å²) in [6.07, 6.45) is 10.8. The van der Waals surface area contributed by atoms with Gasteiger partial charge in [-0.3, -0.25) is 4.99 Å². The van der Waals surface area contributed by atoms with Gasteiger partial charge < -0.3 is 19.5 Å². The molecule has 0 radical (unpaired) electrons. The molecule has 26 heavy (non-hydrogen) atoms. The predicted molar refractivity (Wildman–Crippen MR) is 116 cm³/mol. The normalized spacial score (nSPS) is 23.6. The molecule has 0 aromatic carbocycles. The lowest BCUT2D eigenvalue weighted by molar-refractivity contribution is 0.123. The Morgan fingerprint density at radius 1 is 1.35 bits per heavy atom. The Kier molecular flexibility index (Phi) is 9.18. The molecule has 1 aromatic rings. The molecule has 0 amide bonds. The van der Waals surface area contributed by atoms with E-state index in [4.69, 9.17) is 9.73 Å². The molecular weight excluding hydrogens is 441 g/mol. The maximum absolute atomic E-state index is 5.71. The smallest absolute Gasteiger partial charge is 0.193 e. The van der Waals surface area contributed by atoms with Crippen molar-refractivity contribution in [1.29, 1.82) is 0 Å². The topological polar surface area (TPSA) is 54.7 Å². The average Bonchev–Trinajstić information content (AvgIpc) is 3.28. The number of halogens is 1. The zero-order valence-corrected chi connectivity index (χ0v) is 18.5. The first-order chi connectivity index (χ1) is 12.3. The van der Waals surface area contributed by atoms with Gasteiger partial charge in [-0.25, -0.2) is 4.98 Å². The summed E-state index contributed by atoms with van der Waals surface area (Å²) in [5.74, 6) is 2.54. The van der Waals surface area contributed by atoms with Crippen LogP contribution < -0.4 is 5.32 Å². The van der Waals surface area contributed by atoms with Gasteiger partial charge in [-0.1, -0.05) is 6.92 Å². The molecule has 1 saturated carbocycles. The van der Waals surface area contributed by atoms with E-state index in [1.807, 2.05) is 12.5 Å².